The molecule has 0 aliphatic rings. The number of carboxylic acids is 1. The van der Waals surface area contributed by atoms with Gasteiger partial charge in [0.15, 0.2) is 0 Å². The van der Waals surface area contributed by atoms with Gasteiger partial charge in [0, 0.05) is 13.5 Å². The molecule has 0 aliphatic carbocycles. The second-order valence-electron chi connectivity index (χ2n) is 4.21. The number of aryl methyl sites for hydroxylation is 1. The lowest BCUT2D eigenvalue weighted by atomic mass is 10.0. The number of hydrogen-bond donors (Lipinski definition) is 2. The number of carbonyl (C=O) groups excluding carboxylic acids is 1. The first-order valence-corrected chi connectivity index (χ1v) is 5.80. The largest absolute Gasteiger partial charge is 0.480 e. The summed E-state index contributed by atoms with van der Waals surface area (Å²) in [5.74, 6) is -1.08. The van der Waals surface area contributed by atoms with Gasteiger partial charge in [0.05, 0.1) is 7.11 Å². The first-order chi connectivity index (χ1) is 8.93. The number of hydrogen-bond acceptors (Lipinski definition) is 3. The Morgan fingerprint density at radius 3 is 2.42 bits per heavy atom. The molecule has 0 fully saturated rings. The van der Waals surface area contributed by atoms with E-state index in [0.29, 0.717) is 0 Å². The normalized spacial score (nSPS) is 11.7. The van der Waals surface area contributed by atoms with Crippen LogP contribution in [0.4, 0.5) is 4.79 Å². The lowest BCUT2D eigenvalue weighted by Crippen LogP contribution is -2.47. The van der Waals surface area contributed by atoms with E-state index in [9.17, 15) is 9.59 Å². The number of nitrogens with zero attached hydrogens (tertiary/aromatic N) is 1. The van der Waals surface area contributed by atoms with E-state index in [1.807, 2.05) is 31.2 Å². The lowest BCUT2D eigenvalue weighted by Gasteiger charge is -2.19. The molecule has 1 aromatic rings. The molecule has 0 unspecified atom stereocenters. The highest BCUT2D eigenvalue weighted by molar-refractivity contribution is 5.82. The van der Waals surface area contributed by atoms with Gasteiger partial charge in [-0.1, -0.05) is 29.8 Å². The fraction of sp³-hybridized carbons (Fsp3) is 0.385. The molecule has 0 aliphatic heterocycles. The first-order valence-electron chi connectivity index (χ1n) is 5.80. The van der Waals surface area contributed by atoms with Crippen molar-refractivity contribution in [1.82, 2.24) is 10.4 Å². The lowest BCUT2D eigenvalue weighted by molar-refractivity contribution is -0.139. The summed E-state index contributed by atoms with van der Waals surface area (Å²) < 4.78 is 0. The molecule has 6 nitrogen and oxygen atoms in total. The highest BCUT2D eigenvalue weighted by atomic mass is 16.7. The van der Waals surface area contributed by atoms with Crippen molar-refractivity contribution in [3.63, 3.8) is 0 Å². The number of amides is 2. The smallest absolute Gasteiger partial charge is 0.341 e. The van der Waals surface area contributed by atoms with E-state index < -0.39 is 18.0 Å². The van der Waals surface area contributed by atoms with Crippen LogP contribution in [0.25, 0.3) is 0 Å². The quantitative estimate of drug-likeness (QED) is 0.785. The molecule has 2 N–H and O–H groups in total. The van der Waals surface area contributed by atoms with Crippen LogP contribution in [-0.2, 0) is 16.1 Å². The summed E-state index contributed by atoms with van der Waals surface area (Å²) in [6.45, 7) is 1.95. The van der Waals surface area contributed by atoms with Crippen LogP contribution >= 0.6 is 0 Å². The Bertz CT molecular complexity index is 444. The van der Waals surface area contributed by atoms with Gasteiger partial charge in [-0.3, -0.25) is 4.84 Å². The summed E-state index contributed by atoms with van der Waals surface area (Å²) in [4.78, 5) is 27.4. The molecule has 1 aromatic carbocycles. The van der Waals surface area contributed by atoms with Crippen LogP contribution in [0.15, 0.2) is 24.3 Å². The summed E-state index contributed by atoms with van der Waals surface area (Å²) in [5, 5.41) is 12.4. The van der Waals surface area contributed by atoms with Crippen LogP contribution in [0.2, 0.25) is 0 Å². The average Bonchev–Trinajstić information content (AvgIpc) is 2.39. The molecule has 1 atom stereocenters. The van der Waals surface area contributed by atoms with Crippen LogP contribution in [-0.4, -0.2) is 42.4 Å². The summed E-state index contributed by atoms with van der Waals surface area (Å²) in [6, 6.07) is 5.90. The fourth-order valence-corrected chi connectivity index (χ4v) is 1.48. The summed E-state index contributed by atoms with van der Waals surface area (Å²) in [6.07, 6.45) is 0.221. The molecule has 2 amide bonds. The van der Waals surface area contributed by atoms with Crippen molar-refractivity contribution >= 4 is 12.0 Å². The van der Waals surface area contributed by atoms with E-state index in [0.717, 1.165) is 16.2 Å². The third-order valence-electron chi connectivity index (χ3n) is 2.72. The summed E-state index contributed by atoms with van der Waals surface area (Å²) >= 11 is 0. The minimum Gasteiger partial charge on any atom is -0.480 e. The number of carbonyl (C=O) groups is 2. The molecular formula is C13H18N2O4. The molecule has 6 heteroatoms. The molecule has 104 valence electrons. The second kappa shape index (κ2) is 6.75. The Kier molecular flexibility index (Phi) is 5.32. The Hall–Kier alpha value is -2.08. The molecule has 19 heavy (non-hydrogen) atoms. The maximum Gasteiger partial charge on any atom is 0.341 e. The van der Waals surface area contributed by atoms with Gasteiger partial charge in [-0.2, -0.15) is 0 Å². The molecular weight excluding hydrogens is 248 g/mol. The SMILES string of the molecule is CON(C)C(=O)N[C@@H](Cc1ccc(C)cc1)C(=O)O. The van der Waals surface area contributed by atoms with Gasteiger partial charge in [0.25, 0.3) is 0 Å². The van der Waals surface area contributed by atoms with Gasteiger partial charge >= 0.3 is 12.0 Å². The number of rotatable bonds is 5. The average molecular weight is 266 g/mol. The van der Waals surface area contributed by atoms with E-state index in [1.54, 1.807) is 0 Å². The maximum absolute atomic E-state index is 11.6. The number of urea groups is 1. The highest BCUT2D eigenvalue weighted by Gasteiger charge is 2.22. The number of carboxylic acid groups (broad SMARTS) is 1. The van der Waals surface area contributed by atoms with Gasteiger partial charge in [-0.25, -0.2) is 14.7 Å². The third-order valence-corrected chi connectivity index (χ3v) is 2.72. The zero-order valence-corrected chi connectivity index (χ0v) is 11.2. The molecule has 0 aromatic heterocycles. The maximum atomic E-state index is 11.6. The summed E-state index contributed by atoms with van der Waals surface area (Å²) in [5.41, 5.74) is 1.94. The van der Waals surface area contributed by atoms with Gasteiger partial charge in [0.2, 0.25) is 0 Å². The zero-order valence-electron chi connectivity index (χ0n) is 11.2. The molecule has 0 radical (unpaired) electrons. The predicted molar refractivity (Wildman–Crippen MR) is 69.6 cm³/mol. The van der Waals surface area contributed by atoms with Crippen LogP contribution in [0.5, 0.6) is 0 Å². The fourth-order valence-electron chi connectivity index (χ4n) is 1.48. The van der Waals surface area contributed by atoms with Crippen molar-refractivity contribution in [1.29, 1.82) is 0 Å². The van der Waals surface area contributed by atoms with E-state index >= 15 is 0 Å². The number of aliphatic carboxylic acids is 1. The van der Waals surface area contributed by atoms with Crippen molar-refractivity contribution in [3.05, 3.63) is 35.4 Å². The van der Waals surface area contributed by atoms with E-state index in [2.05, 4.69) is 10.2 Å². The van der Waals surface area contributed by atoms with Crippen molar-refractivity contribution in [2.75, 3.05) is 14.2 Å². The minimum atomic E-state index is -1.08. The molecule has 0 spiro atoms. The Labute approximate surface area is 111 Å². The number of nitrogens with one attached hydrogen (secondary N) is 1. The van der Waals surface area contributed by atoms with Crippen molar-refractivity contribution in [2.24, 2.45) is 0 Å². The Morgan fingerprint density at radius 1 is 1.37 bits per heavy atom. The Morgan fingerprint density at radius 2 is 1.95 bits per heavy atom. The van der Waals surface area contributed by atoms with E-state index in [-0.39, 0.29) is 6.42 Å². The van der Waals surface area contributed by atoms with Crippen LogP contribution < -0.4 is 5.32 Å². The number of hydroxylamine groups is 2. The van der Waals surface area contributed by atoms with Gasteiger partial charge in [-0.05, 0) is 12.5 Å². The molecule has 0 saturated heterocycles. The highest BCUT2D eigenvalue weighted by Crippen LogP contribution is 2.07. The molecule has 0 saturated carbocycles. The van der Waals surface area contributed by atoms with Crippen molar-refractivity contribution < 1.29 is 19.5 Å². The van der Waals surface area contributed by atoms with Gasteiger partial charge in [-0.15, -0.1) is 0 Å². The first kappa shape index (κ1) is 15.0. The molecule has 1 rings (SSSR count). The van der Waals surface area contributed by atoms with Crippen LogP contribution in [0, 0.1) is 6.92 Å². The topological polar surface area (TPSA) is 78.9 Å². The zero-order chi connectivity index (χ0) is 14.4. The second-order valence-corrected chi connectivity index (χ2v) is 4.21. The van der Waals surface area contributed by atoms with Crippen molar-refractivity contribution in [3.8, 4) is 0 Å². The standard InChI is InChI=1S/C13H18N2O4/c1-9-4-6-10(7-5-9)8-11(12(16)17)14-13(18)15(2)19-3/h4-7,11H,8H2,1-3H3,(H,14,18)(H,16,17)/t11-/m0/s1. The molecule has 0 bridgehead atoms. The summed E-state index contributed by atoms with van der Waals surface area (Å²) in [7, 11) is 2.73. The van der Waals surface area contributed by atoms with Gasteiger partial charge < -0.3 is 10.4 Å². The predicted octanol–water partition coefficient (Wildman–Crippen LogP) is 1.19. The monoisotopic (exact) mass is 266 g/mol. The van der Waals surface area contributed by atoms with Crippen molar-refractivity contribution in [2.45, 2.75) is 19.4 Å². The minimum absolute atomic E-state index is 0.221. The van der Waals surface area contributed by atoms with E-state index in [4.69, 9.17) is 5.11 Å². The number of benzene rings is 1. The Balaban J connectivity index is 2.71. The van der Waals surface area contributed by atoms with E-state index in [1.165, 1.54) is 14.2 Å². The van der Waals surface area contributed by atoms with Crippen LogP contribution in [0.3, 0.4) is 0 Å². The molecule has 0 heterocycles. The van der Waals surface area contributed by atoms with Crippen LogP contribution in [0.1, 0.15) is 11.1 Å². The van der Waals surface area contributed by atoms with Gasteiger partial charge in [0.1, 0.15) is 6.04 Å². The third kappa shape index (κ3) is 4.59.